The number of benzene rings is 1. The number of aromatic hydroxyl groups is 1. The van der Waals surface area contributed by atoms with E-state index in [-0.39, 0.29) is 64.6 Å². The van der Waals surface area contributed by atoms with Gasteiger partial charge in [0.1, 0.15) is 12.0 Å². The monoisotopic (exact) mass is 730 g/mol. The van der Waals surface area contributed by atoms with Gasteiger partial charge in [0, 0.05) is 57.6 Å². The molecular formula is C32H34ClF3N10O5. The topological polar surface area (TPSA) is 163 Å². The second-order valence-electron chi connectivity index (χ2n) is 12.8. The van der Waals surface area contributed by atoms with Crippen molar-refractivity contribution in [2.24, 2.45) is 0 Å². The van der Waals surface area contributed by atoms with Crippen LogP contribution in [0.2, 0.25) is 5.02 Å². The number of anilines is 3. The van der Waals surface area contributed by atoms with E-state index < -0.39 is 29.6 Å². The van der Waals surface area contributed by atoms with Crippen LogP contribution in [0.3, 0.4) is 0 Å². The van der Waals surface area contributed by atoms with Crippen molar-refractivity contribution in [2.75, 3.05) is 67.6 Å². The van der Waals surface area contributed by atoms with Crippen LogP contribution in [0.4, 0.5) is 30.5 Å². The Kier molecular flexibility index (Phi) is 8.99. The lowest BCUT2D eigenvalue weighted by Gasteiger charge is -2.36. The summed E-state index contributed by atoms with van der Waals surface area (Å²) in [7, 11) is 0. The second-order valence-corrected chi connectivity index (χ2v) is 13.2. The number of fused-ring (bicyclic) bond motifs is 3. The Hall–Kier alpha value is -4.97. The van der Waals surface area contributed by atoms with Gasteiger partial charge < -0.3 is 34.4 Å². The molecule has 51 heavy (non-hydrogen) atoms. The molecule has 2 saturated heterocycles. The Morgan fingerprint density at radius 1 is 1.08 bits per heavy atom. The maximum Gasteiger partial charge on any atom is 0.416 e. The van der Waals surface area contributed by atoms with Crippen molar-refractivity contribution in [3.63, 3.8) is 0 Å². The molecule has 0 radical (unpaired) electrons. The molecule has 270 valence electrons. The van der Waals surface area contributed by atoms with E-state index in [1.54, 1.807) is 11.8 Å². The highest BCUT2D eigenvalue weighted by Crippen LogP contribution is 2.43. The van der Waals surface area contributed by atoms with Gasteiger partial charge >= 0.3 is 6.18 Å². The minimum atomic E-state index is -4.59. The van der Waals surface area contributed by atoms with Crippen LogP contribution in [0.25, 0.3) is 5.78 Å². The number of amides is 2. The number of alkyl halides is 3. The van der Waals surface area contributed by atoms with Gasteiger partial charge in [-0.15, -0.1) is 5.10 Å². The lowest BCUT2D eigenvalue weighted by Crippen LogP contribution is -2.51. The van der Waals surface area contributed by atoms with Crippen LogP contribution in [-0.2, 0) is 15.7 Å². The van der Waals surface area contributed by atoms with Gasteiger partial charge in [0.05, 0.1) is 40.9 Å². The quantitative estimate of drug-likeness (QED) is 0.300. The molecule has 3 aliphatic heterocycles. The molecule has 0 aliphatic carbocycles. The number of halogens is 4. The molecule has 6 heterocycles. The van der Waals surface area contributed by atoms with Gasteiger partial charge in [0.25, 0.3) is 11.5 Å². The van der Waals surface area contributed by atoms with Crippen molar-refractivity contribution in [1.82, 2.24) is 34.0 Å². The van der Waals surface area contributed by atoms with Crippen molar-refractivity contribution in [3.05, 3.63) is 62.5 Å². The number of hydrogen-bond acceptors (Lipinski definition) is 11. The van der Waals surface area contributed by atoms with Crippen molar-refractivity contribution >= 4 is 46.5 Å². The van der Waals surface area contributed by atoms with Gasteiger partial charge in [0.2, 0.25) is 17.6 Å². The zero-order valence-electron chi connectivity index (χ0n) is 27.7. The Labute approximate surface area is 293 Å². The van der Waals surface area contributed by atoms with E-state index in [0.29, 0.717) is 63.1 Å². The fourth-order valence-corrected chi connectivity index (χ4v) is 7.18. The predicted octanol–water partition coefficient (Wildman–Crippen LogP) is 3.24. The van der Waals surface area contributed by atoms with Crippen molar-refractivity contribution in [3.8, 4) is 5.75 Å². The van der Waals surface area contributed by atoms with Crippen LogP contribution >= 0.6 is 11.6 Å². The van der Waals surface area contributed by atoms with Crippen LogP contribution in [0.15, 0.2) is 29.3 Å². The standard InChI is InChI=1S/C32H34ClF3N10O5/c1-17-13-20(15-23(47)39-22-4-3-19(14-21(22)33)32(34,35)36)45-25(17)26(29(50)46-31(45)40-30(41-46)44-9-11-51-12-10-44)42-5-7-43(8-6-42)28(49)24-27(48)18(2)37-16-38-24/h3-4,14,16-17,20,48H,5-13,15H2,1-2H3,(H,39,47)/t17-,20-/m1/s1. The maximum atomic E-state index is 14.3. The number of carbonyl (C=O) groups excluding carboxylic acids is 2. The fourth-order valence-electron chi connectivity index (χ4n) is 6.96. The normalized spacial score (nSPS) is 19.5. The van der Waals surface area contributed by atoms with E-state index in [2.05, 4.69) is 20.4 Å². The van der Waals surface area contributed by atoms with Crippen LogP contribution < -0.4 is 20.7 Å². The summed E-state index contributed by atoms with van der Waals surface area (Å²) < 4.78 is 48.1. The smallest absolute Gasteiger partial charge is 0.416 e. The number of piperazine rings is 1. The number of hydrogen-bond donors (Lipinski definition) is 2. The molecule has 2 N–H and O–H groups in total. The molecule has 2 fully saturated rings. The molecule has 4 aromatic rings. The van der Waals surface area contributed by atoms with E-state index in [4.69, 9.17) is 21.3 Å². The largest absolute Gasteiger partial charge is 0.504 e. The predicted molar refractivity (Wildman–Crippen MR) is 179 cm³/mol. The fraction of sp³-hybridized carbons (Fsp3) is 0.469. The van der Waals surface area contributed by atoms with Gasteiger partial charge in [-0.2, -0.15) is 22.7 Å². The summed E-state index contributed by atoms with van der Waals surface area (Å²) in [6.45, 7) is 6.58. The molecule has 2 amide bonds. The van der Waals surface area contributed by atoms with Crippen LogP contribution in [0, 0.1) is 6.92 Å². The van der Waals surface area contributed by atoms with E-state index in [0.717, 1.165) is 18.2 Å². The molecule has 19 heteroatoms. The van der Waals surface area contributed by atoms with E-state index in [1.165, 1.54) is 10.8 Å². The molecule has 0 spiro atoms. The van der Waals surface area contributed by atoms with Crippen LogP contribution in [0.1, 0.15) is 59.2 Å². The number of ether oxygens (including phenoxy) is 1. The summed E-state index contributed by atoms with van der Waals surface area (Å²) in [5.41, 5.74) is -0.0326. The molecule has 2 atom stereocenters. The lowest BCUT2D eigenvalue weighted by molar-refractivity contribution is -0.137. The molecular weight excluding hydrogens is 697 g/mol. The number of rotatable bonds is 6. The summed E-state index contributed by atoms with van der Waals surface area (Å²) in [5.74, 6) is -0.805. The molecule has 7 rings (SSSR count). The summed E-state index contributed by atoms with van der Waals surface area (Å²) in [4.78, 5) is 59.1. The first-order chi connectivity index (χ1) is 24.3. The highest BCUT2D eigenvalue weighted by molar-refractivity contribution is 6.33. The van der Waals surface area contributed by atoms with Gasteiger partial charge in [-0.3, -0.25) is 14.4 Å². The minimum Gasteiger partial charge on any atom is -0.504 e. The van der Waals surface area contributed by atoms with Crippen molar-refractivity contribution in [2.45, 2.75) is 44.8 Å². The molecule has 0 saturated carbocycles. The zero-order chi connectivity index (χ0) is 36.2. The first-order valence-electron chi connectivity index (χ1n) is 16.4. The number of carbonyl (C=O) groups is 2. The summed E-state index contributed by atoms with van der Waals surface area (Å²) in [6, 6.07) is 2.24. The number of aryl methyl sites for hydroxylation is 1. The summed E-state index contributed by atoms with van der Waals surface area (Å²) >= 11 is 6.12. The highest BCUT2D eigenvalue weighted by Gasteiger charge is 2.39. The van der Waals surface area contributed by atoms with E-state index in [1.807, 2.05) is 21.3 Å². The Morgan fingerprint density at radius 3 is 2.49 bits per heavy atom. The van der Waals surface area contributed by atoms with E-state index >= 15 is 0 Å². The third kappa shape index (κ3) is 6.41. The van der Waals surface area contributed by atoms with Gasteiger partial charge in [0.15, 0.2) is 11.4 Å². The molecule has 15 nitrogen and oxygen atoms in total. The average molecular weight is 731 g/mol. The first-order valence-corrected chi connectivity index (χ1v) is 16.8. The average Bonchev–Trinajstić information content (AvgIpc) is 3.68. The lowest BCUT2D eigenvalue weighted by atomic mass is 10.0. The third-order valence-corrected chi connectivity index (χ3v) is 9.84. The molecule has 0 unspecified atom stereocenters. The van der Waals surface area contributed by atoms with Gasteiger partial charge in [-0.05, 0) is 31.5 Å². The van der Waals surface area contributed by atoms with Gasteiger partial charge in [-0.25, -0.2) is 9.97 Å². The minimum absolute atomic E-state index is 0.0432. The van der Waals surface area contributed by atoms with Crippen LogP contribution in [0.5, 0.6) is 5.75 Å². The summed E-state index contributed by atoms with van der Waals surface area (Å²) in [5, 5.41) is 17.4. The third-order valence-electron chi connectivity index (χ3n) is 9.53. The van der Waals surface area contributed by atoms with Crippen molar-refractivity contribution < 1.29 is 32.6 Å². The van der Waals surface area contributed by atoms with Crippen LogP contribution in [-0.4, -0.2) is 103 Å². The number of nitrogens with zero attached hydrogens (tertiary/aromatic N) is 9. The Bertz CT molecular complexity index is 2080. The molecule has 0 bridgehead atoms. The number of aromatic nitrogens is 6. The first kappa shape index (κ1) is 34.5. The zero-order valence-corrected chi connectivity index (χ0v) is 28.4. The van der Waals surface area contributed by atoms with Crippen molar-refractivity contribution in [1.29, 1.82) is 0 Å². The Balaban J connectivity index is 1.21. The maximum absolute atomic E-state index is 14.3. The number of nitrogens with one attached hydrogen (secondary N) is 1. The molecule has 3 aliphatic rings. The summed E-state index contributed by atoms with van der Waals surface area (Å²) in [6.07, 6.45) is -2.99. The second kappa shape index (κ2) is 13.3. The Morgan fingerprint density at radius 2 is 1.80 bits per heavy atom. The van der Waals surface area contributed by atoms with E-state index in [9.17, 15) is 32.7 Å². The molecule has 1 aromatic carbocycles. The molecule has 3 aromatic heterocycles. The SMILES string of the molecule is Cc1ncnc(C(=O)N2CCN(c3c4n(c5nc(N6CCOCC6)nn5c3=O)[C@@H](CC(=O)Nc3ccc(C(F)(F)F)cc3Cl)C[C@H]4C)CC2)c1O. The number of morpholine rings is 1. The highest BCUT2D eigenvalue weighted by atomic mass is 35.5. The van der Waals surface area contributed by atoms with Gasteiger partial charge in [-0.1, -0.05) is 18.5 Å².